The quantitative estimate of drug-likeness (QED) is 0.671. The monoisotopic (exact) mass is 274 g/mol. The van der Waals surface area contributed by atoms with Crippen LogP contribution in [0.3, 0.4) is 0 Å². The lowest BCUT2D eigenvalue weighted by Gasteiger charge is -2.17. The Morgan fingerprint density at radius 2 is 1.95 bits per heavy atom. The molecule has 0 amide bonds. The van der Waals surface area contributed by atoms with Crippen LogP contribution in [0.1, 0.15) is 24.1 Å². The summed E-state index contributed by atoms with van der Waals surface area (Å²) in [6.45, 7) is 3.85. The Morgan fingerprint density at radius 1 is 1.25 bits per heavy atom. The first-order valence-corrected chi connectivity index (χ1v) is 6.25. The van der Waals surface area contributed by atoms with Crippen molar-refractivity contribution < 1.29 is 9.31 Å². The fourth-order valence-electron chi connectivity index (χ4n) is 2.17. The molecule has 0 heterocycles. The summed E-state index contributed by atoms with van der Waals surface area (Å²) in [4.78, 5) is 10.4. The number of hydrogen-bond donors (Lipinski definition) is 1. The zero-order valence-electron chi connectivity index (χ0n) is 11.3. The van der Waals surface area contributed by atoms with Gasteiger partial charge in [0.15, 0.2) is 0 Å². The summed E-state index contributed by atoms with van der Waals surface area (Å²) >= 11 is 0. The van der Waals surface area contributed by atoms with Gasteiger partial charge in [-0.25, -0.2) is 4.39 Å². The summed E-state index contributed by atoms with van der Waals surface area (Å²) < 4.78 is 13.3. The molecule has 2 rings (SSSR count). The SMILES string of the molecule is Cc1ccccc1C(C)Nc1cc(F)ccc1[N+](=O)[O-]. The molecule has 0 saturated heterocycles. The van der Waals surface area contributed by atoms with Crippen LogP contribution < -0.4 is 5.32 Å². The normalized spacial score (nSPS) is 11.9. The van der Waals surface area contributed by atoms with Crippen LogP contribution >= 0.6 is 0 Å². The van der Waals surface area contributed by atoms with Crippen molar-refractivity contribution in [2.24, 2.45) is 0 Å². The van der Waals surface area contributed by atoms with Gasteiger partial charge in [0, 0.05) is 18.2 Å². The fraction of sp³-hybridized carbons (Fsp3) is 0.200. The van der Waals surface area contributed by atoms with Crippen LogP contribution in [0.4, 0.5) is 15.8 Å². The highest BCUT2D eigenvalue weighted by Gasteiger charge is 2.17. The average Bonchev–Trinajstić information content (AvgIpc) is 2.38. The van der Waals surface area contributed by atoms with Crippen molar-refractivity contribution in [3.05, 3.63) is 69.5 Å². The first-order chi connectivity index (χ1) is 9.49. The first kappa shape index (κ1) is 14.0. The van der Waals surface area contributed by atoms with Gasteiger partial charge in [-0.15, -0.1) is 0 Å². The molecule has 0 aliphatic heterocycles. The molecule has 0 saturated carbocycles. The molecule has 2 aromatic carbocycles. The largest absolute Gasteiger partial charge is 0.373 e. The maximum Gasteiger partial charge on any atom is 0.292 e. The van der Waals surface area contributed by atoms with Crippen molar-refractivity contribution in [3.8, 4) is 0 Å². The van der Waals surface area contributed by atoms with E-state index in [4.69, 9.17) is 0 Å². The zero-order chi connectivity index (χ0) is 14.7. The van der Waals surface area contributed by atoms with E-state index in [1.807, 2.05) is 38.1 Å². The van der Waals surface area contributed by atoms with E-state index < -0.39 is 10.7 Å². The molecule has 1 unspecified atom stereocenters. The second-order valence-corrected chi connectivity index (χ2v) is 4.64. The zero-order valence-corrected chi connectivity index (χ0v) is 11.3. The standard InChI is InChI=1S/C15H15FN2O2/c1-10-5-3-4-6-13(10)11(2)17-14-9-12(16)7-8-15(14)18(19)20/h3-9,11,17H,1-2H3. The van der Waals surface area contributed by atoms with E-state index in [2.05, 4.69) is 5.32 Å². The van der Waals surface area contributed by atoms with Crippen LogP contribution in [0.5, 0.6) is 0 Å². The lowest BCUT2D eigenvalue weighted by atomic mass is 10.0. The summed E-state index contributed by atoms with van der Waals surface area (Å²) in [6.07, 6.45) is 0. The third kappa shape index (κ3) is 2.93. The predicted octanol–water partition coefficient (Wildman–Crippen LogP) is 4.22. The molecular formula is C15H15FN2O2. The van der Waals surface area contributed by atoms with Gasteiger partial charge in [-0.1, -0.05) is 24.3 Å². The summed E-state index contributed by atoms with van der Waals surface area (Å²) in [5.41, 5.74) is 2.15. The van der Waals surface area contributed by atoms with Gasteiger partial charge in [-0.3, -0.25) is 10.1 Å². The molecule has 0 bridgehead atoms. The maximum atomic E-state index is 13.3. The van der Waals surface area contributed by atoms with E-state index in [1.165, 1.54) is 6.07 Å². The predicted molar refractivity (Wildman–Crippen MR) is 76.3 cm³/mol. The lowest BCUT2D eigenvalue weighted by Crippen LogP contribution is -2.09. The van der Waals surface area contributed by atoms with Crippen LogP contribution in [0.2, 0.25) is 0 Å². The maximum absolute atomic E-state index is 13.3. The van der Waals surface area contributed by atoms with Crippen LogP contribution in [0.25, 0.3) is 0 Å². The van der Waals surface area contributed by atoms with Gasteiger partial charge >= 0.3 is 0 Å². The number of rotatable bonds is 4. The van der Waals surface area contributed by atoms with Crippen molar-refractivity contribution in [2.75, 3.05) is 5.32 Å². The first-order valence-electron chi connectivity index (χ1n) is 6.25. The topological polar surface area (TPSA) is 55.2 Å². The number of nitrogens with zero attached hydrogens (tertiary/aromatic N) is 1. The number of nitro benzene ring substituents is 1. The van der Waals surface area contributed by atoms with E-state index in [0.29, 0.717) is 0 Å². The highest BCUT2D eigenvalue weighted by molar-refractivity contribution is 5.62. The van der Waals surface area contributed by atoms with Gasteiger partial charge in [0.25, 0.3) is 5.69 Å². The van der Waals surface area contributed by atoms with Gasteiger partial charge < -0.3 is 5.32 Å². The third-order valence-electron chi connectivity index (χ3n) is 3.18. The number of halogens is 1. The molecule has 4 nitrogen and oxygen atoms in total. The molecule has 0 radical (unpaired) electrons. The molecule has 1 N–H and O–H groups in total. The molecule has 0 aliphatic carbocycles. The minimum absolute atomic E-state index is 0.133. The van der Waals surface area contributed by atoms with Crippen molar-refractivity contribution >= 4 is 11.4 Å². The Kier molecular flexibility index (Phi) is 3.98. The molecular weight excluding hydrogens is 259 g/mol. The second-order valence-electron chi connectivity index (χ2n) is 4.64. The van der Waals surface area contributed by atoms with Crippen molar-refractivity contribution in [1.82, 2.24) is 0 Å². The lowest BCUT2D eigenvalue weighted by molar-refractivity contribution is -0.384. The van der Waals surface area contributed by atoms with Gasteiger partial charge in [0.1, 0.15) is 11.5 Å². The Bertz CT molecular complexity index is 644. The molecule has 0 aliphatic rings. The number of nitro groups is 1. The average molecular weight is 274 g/mol. The van der Waals surface area contributed by atoms with Crippen LogP contribution in [0.15, 0.2) is 42.5 Å². The Hall–Kier alpha value is -2.43. The Labute approximate surface area is 116 Å². The Morgan fingerprint density at radius 3 is 2.60 bits per heavy atom. The summed E-state index contributed by atoms with van der Waals surface area (Å²) in [5, 5.41) is 14.0. The number of hydrogen-bond acceptors (Lipinski definition) is 3. The van der Waals surface area contributed by atoms with Gasteiger partial charge in [0.05, 0.1) is 4.92 Å². The Balaban J connectivity index is 2.32. The highest BCUT2D eigenvalue weighted by atomic mass is 19.1. The van der Waals surface area contributed by atoms with Crippen LogP contribution in [-0.4, -0.2) is 4.92 Å². The number of aryl methyl sites for hydroxylation is 1. The molecule has 0 fully saturated rings. The molecule has 2 aromatic rings. The van der Waals surface area contributed by atoms with Crippen molar-refractivity contribution in [1.29, 1.82) is 0 Å². The highest BCUT2D eigenvalue weighted by Crippen LogP contribution is 2.29. The van der Waals surface area contributed by atoms with Crippen LogP contribution in [0, 0.1) is 22.9 Å². The molecule has 5 heteroatoms. The van der Waals surface area contributed by atoms with Gasteiger partial charge in [0.2, 0.25) is 0 Å². The van der Waals surface area contributed by atoms with E-state index >= 15 is 0 Å². The van der Waals surface area contributed by atoms with Crippen molar-refractivity contribution in [2.45, 2.75) is 19.9 Å². The van der Waals surface area contributed by atoms with E-state index in [0.717, 1.165) is 23.3 Å². The fourth-order valence-corrected chi connectivity index (χ4v) is 2.17. The van der Waals surface area contributed by atoms with E-state index in [-0.39, 0.29) is 17.4 Å². The molecule has 20 heavy (non-hydrogen) atoms. The minimum Gasteiger partial charge on any atom is -0.373 e. The number of nitrogens with one attached hydrogen (secondary N) is 1. The molecule has 0 spiro atoms. The summed E-state index contributed by atoms with van der Waals surface area (Å²) in [6, 6.07) is 11.0. The number of anilines is 1. The summed E-state index contributed by atoms with van der Waals surface area (Å²) in [5.74, 6) is -0.505. The minimum atomic E-state index is -0.521. The van der Waals surface area contributed by atoms with Crippen LogP contribution in [-0.2, 0) is 0 Å². The summed E-state index contributed by atoms with van der Waals surface area (Å²) in [7, 11) is 0. The van der Waals surface area contributed by atoms with Crippen molar-refractivity contribution in [3.63, 3.8) is 0 Å². The third-order valence-corrected chi connectivity index (χ3v) is 3.18. The molecule has 104 valence electrons. The van der Waals surface area contributed by atoms with Gasteiger partial charge in [-0.05, 0) is 31.0 Å². The number of benzene rings is 2. The van der Waals surface area contributed by atoms with E-state index in [9.17, 15) is 14.5 Å². The smallest absolute Gasteiger partial charge is 0.292 e. The van der Waals surface area contributed by atoms with E-state index in [1.54, 1.807) is 0 Å². The van der Waals surface area contributed by atoms with Gasteiger partial charge in [-0.2, -0.15) is 0 Å². The second kappa shape index (κ2) is 5.69. The molecule has 0 aromatic heterocycles. The molecule has 1 atom stereocenters.